The van der Waals surface area contributed by atoms with Crippen LogP contribution < -0.4 is 15.0 Å². The van der Waals surface area contributed by atoms with Crippen LogP contribution in [0.25, 0.3) is 10.8 Å². The quantitative estimate of drug-likeness (QED) is 0.529. The van der Waals surface area contributed by atoms with E-state index in [-0.39, 0.29) is 30.8 Å². The third-order valence-electron chi connectivity index (χ3n) is 6.17. The van der Waals surface area contributed by atoms with E-state index in [1.54, 1.807) is 18.1 Å². The molecular weight excluding hydrogens is 430 g/mol. The first-order chi connectivity index (χ1) is 16.5. The highest BCUT2D eigenvalue weighted by Crippen LogP contribution is 2.37. The number of ether oxygens (including phenoxy) is 1. The van der Waals surface area contributed by atoms with Gasteiger partial charge in [0.2, 0.25) is 11.8 Å². The summed E-state index contributed by atoms with van der Waals surface area (Å²) in [4.78, 5) is 42.9. The van der Waals surface area contributed by atoms with Gasteiger partial charge < -0.3 is 15.0 Å². The maximum Gasteiger partial charge on any atom is 0.259 e. The second-order valence-corrected chi connectivity index (χ2v) is 8.26. The van der Waals surface area contributed by atoms with Crippen molar-refractivity contribution in [2.75, 3.05) is 25.1 Å². The fourth-order valence-electron chi connectivity index (χ4n) is 4.54. The summed E-state index contributed by atoms with van der Waals surface area (Å²) in [6, 6.07) is 18.1. The van der Waals surface area contributed by atoms with Crippen molar-refractivity contribution in [3.63, 3.8) is 0 Å². The van der Waals surface area contributed by atoms with Gasteiger partial charge in [-0.1, -0.05) is 43.3 Å². The summed E-state index contributed by atoms with van der Waals surface area (Å²) < 4.78 is 5.32. The van der Waals surface area contributed by atoms with E-state index in [1.165, 1.54) is 4.90 Å². The van der Waals surface area contributed by atoms with Gasteiger partial charge in [0.05, 0.1) is 12.8 Å². The molecule has 176 valence electrons. The average Bonchev–Trinajstić information content (AvgIpc) is 3.12. The number of rotatable bonds is 9. The number of carbonyl (C=O) groups is 3. The third-order valence-corrected chi connectivity index (χ3v) is 6.17. The lowest BCUT2D eigenvalue weighted by atomic mass is 10.1. The van der Waals surface area contributed by atoms with E-state index in [0.717, 1.165) is 22.0 Å². The first-order valence-corrected chi connectivity index (χ1v) is 11.5. The van der Waals surface area contributed by atoms with E-state index < -0.39 is 6.04 Å². The molecule has 1 aliphatic rings. The zero-order valence-electron chi connectivity index (χ0n) is 19.7. The van der Waals surface area contributed by atoms with Gasteiger partial charge in [0.25, 0.3) is 5.91 Å². The van der Waals surface area contributed by atoms with E-state index in [0.29, 0.717) is 24.3 Å². The fraction of sp³-hybridized carbons (Fsp3) is 0.296. The molecule has 0 saturated heterocycles. The van der Waals surface area contributed by atoms with Crippen LogP contribution in [0.2, 0.25) is 0 Å². The second kappa shape index (κ2) is 9.95. The molecule has 1 atom stereocenters. The summed E-state index contributed by atoms with van der Waals surface area (Å²) in [5.41, 5.74) is 2.16. The molecular formula is C27H29N3O4. The number of amides is 3. The number of anilines is 1. The average molecular weight is 460 g/mol. The van der Waals surface area contributed by atoms with Crippen molar-refractivity contribution in [1.82, 2.24) is 10.2 Å². The highest BCUT2D eigenvalue weighted by Gasteiger charge is 2.35. The molecule has 7 nitrogen and oxygen atoms in total. The Morgan fingerprint density at radius 3 is 2.50 bits per heavy atom. The van der Waals surface area contributed by atoms with Crippen LogP contribution in [0.15, 0.2) is 60.7 Å². The summed E-state index contributed by atoms with van der Waals surface area (Å²) in [6.07, 6.45) is 0.450. The van der Waals surface area contributed by atoms with Gasteiger partial charge in [-0.3, -0.25) is 19.3 Å². The lowest BCUT2D eigenvalue weighted by Gasteiger charge is -2.32. The molecule has 0 spiro atoms. The predicted molar refractivity (Wildman–Crippen MR) is 132 cm³/mol. The fourth-order valence-corrected chi connectivity index (χ4v) is 4.54. The van der Waals surface area contributed by atoms with Crippen LogP contribution in [0.3, 0.4) is 0 Å². The van der Waals surface area contributed by atoms with Gasteiger partial charge in [-0.2, -0.15) is 0 Å². The van der Waals surface area contributed by atoms with Gasteiger partial charge in [0, 0.05) is 24.0 Å². The number of methoxy groups -OCH3 is 1. The molecule has 7 heteroatoms. The smallest absolute Gasteiger partial charge is 0.259 e. The molecule has 1 N–H and O–H groups in total. The molecule has 3 amide bonds. The van der Waals surface area contributed by atoms with Crippen LogP contribution in [0, 0.1) is 0 Å². The summed E-state index contributed by atoms with van der Waals surface area (Å²) in [5, 5.41) is 4.65. The Morgan fingerprint density at radius 2 is 1.79 bits per heavy atom. The first-order valence-electron chi connectivity index (χ1n) is 11.5. The predicted octanol–water partition coefficient (Wildman–Crippen LogP) is 3.75. The van der Waals surface area contributed by atoms with Crippen LogP contribution in [-0.4, -0.2) is 48.9 Å². The van der Waals surface area contributed by atoms with E-state index in [4.69, 9.17) is 4.74 Å². The SMILES string of the molecule is CCNC(=O)[C@H](CC)N(Cc1cccc(OC)c1)C(=O)CN1C(=O)c2cccc3cccc1c23. The van der Waals surface area contributed by atoms with Crippen molar-refractivity contribution in [3.05, 3.63) is 71.8 Å². The van der Waals surface area contributed by atoms with E-state index >= 15 is 0 Å². The molecule has 0 fully saturated rings. The highest BCUT2D eigenvalue weighted by atomic mass is 16.5. The van der Waals surface area contributed by atoms with Crippen molar-refractivity contribution in [1.29, 1.82) is 0 Å². The number of nitrogens with one attached hydrogen (secondary N) is 1. The minimum Gasteiger partial charge on any atom is -0.497 e. The Bertz CT molecular complexity index is 1230. The molecule has 0 saturated carbocycles. The normalized spacial score (nSPS) is 13.1. The minimum absolute atomic E-state index is 0.146. The zero-order chi connectivity index (χ0) is 24.2. The van der Waals surface area contributed by atoms with Crippen molar-refractivity contribution in [2.24, 2.45) is 0 Å². The van der Waals surface area contributed by atoms with Gasteiger partial charge in [0.1, 0.15) is 18.3 Å². The highest BCUT2D eigenvalue weighted by molar-refractivity contribution is 6.26. The van der Waals surface area contributed by atoms with Gasteiger partial charge in [-0.15, -0.1) is 0 Å². The molecule has 3 aromatic rings. The molecule has 0 radical (unpaired) electrons. The molecule has 0 bridgehead atoms. The van der Waals surface area contributed by atoms with Crippen LogP contribution in [0.1, 0.15) is 36.2 Å². The lowest BCUT2D eigenvalue weighted by Crippen LogP contribution is -2.52. The van der Waals surface area contributed by atoms with Crippen molar-refractivity contribution in [3.8, 4) is 5.75 Å². The lowest BCUT2D eigenvalue weighted by molar-refractivity contribution is -0.140. The van der Waals surface area contributed by atoms with Crippen molar-refractivity contribution in [2.45, 2.75) is 32.9 Å². The monoisotopic (exact) mass is 459 g/mol. The molecule has 0 aliphatic carbocycles. The van der Waals surface area contributed by atoms with Crippen LogP contribution in [0.4, 0.5) is 5.69 Å². The van der Waals surface area contributed by atoms with E-state index in [2.05, 4.69) is 5.32 Å². The molecule has 34 heavy (non-hydrogen) atoms. The van der Waals surface area contributed by atoms with Crippen LogP contribution in [-0.2, 0) is 16.1 Å². The summed E-state index contributed by atoms with van der Waals surface area (Å²) in [7, 11) is 1.59. The molecule has 0 aromatic heterocycles. The minimum atomic E-state index is -0.658. The largest absolute Gasteiger partial charge is 0.497 e. The summed E-state index contributed by atoms with van der Waals surface area (Å²) >= 11 is 0. The molecule has 3 aromatic carbocycles. The Kier molecular flexibility index (Phi) is 6.82. The molecule has 0 unspecified atom stereocenters. The molecule has 1 heterocycles. The van der Waals surface area contributed by atoms with E-state index in [1.807, 2.05) is 68.4 Å². The molecule has 1 aliphatic heterocycles. The maximum absolute atomic E-state index is 13.7. The number of hydrogen-bond acceptors (Lipinski definition) is 4. The third kappa shape index (κ3) is 4.33. The van der Waals surface area contributed by atoms with Crippen molar-refractivity contribution >= 4 is 34.2 Å². The first kappa shape index (κ1) is 23.3. The number of likely N-dealkylation sites (N-methyl/N-ethyl adjacent to an activating group) is 1. The van der Waals surface area contributed by atoms with Gasteiger partial charge in [-0.25, -0.2) is 0 Å². The number of benzene rings is 3. The Morgan fingerprint density at radius 1 is 1.06 bits per heavy atom. The van der Waals surface area contributed by atoms with Crippen LogP contribution in [0.5, 0.6) is 5.75 Å². The number of nitrogens with zero attached hydrogens (tertiary/aromatic N) is 2. The molecule has 4 rings (SSSR count). The Balaban J connectivity index is 1.66. The van der Waals surface area contributed by atoms with E-state index in [9.17, 15) is 14.4 Å². The topological polar surface area (TPSA) is 79.0 Å². The Hall–Kier alpha value is -3.87. The zero-order valence-corrected chi connectivity index (χ0v) is 19.7. The standard InChI is InChI=1S/C27H29N3O4/c1-4-22(26(32)28-5-2)29(16-18-9-6-12-20(15-18)34-3)24(31)17-30-23-14-8-11-19-10-7-13-21(25(19)23)27(30)33/h6-15,22H,4-5,16-17H2,1-3H3,(H,28,32)/t22-/m0/s1. The van der Waals surface area contributed by atoms with Gasteiger partial charge in [0.15, 0.2) is 0 Å². The van der Waals surface area contributed by atoms with Gasteiger partial charge >= 0.3 is 0 Å². The number of hydrogen-bond donors (Lipinski definition) is 1. The summed E-state index contributed by atoms with van der Waals surface area (Å²) in [5.74, 6) is -0.0289. The van der Waals surface area contributed by atoms with Gasteiger partial charge in [-0.05, 0) is 48.6 Å². The Labute approximate surface area is 199 Å². The number of carbonyl (C=O) groups excluding carboxylic acids is 3. The summed E-state index contributed by atoms with van der Waals surface area (Å²) in [6.45, 7) is 4.28. The van der Waals surface area contributed by atoms with Crippen LogP contribution >= 0.6 is 0 Å². The van der Waals surface area contributed by atoms with Crippen molar-refractivity contribution < 1.29 is 19.1 Å². The maximum atomic E-state index is 13.7. The second-order valence-electron chi connectivity index (χ2n) is 8.26.